The number of aliphatic hydroxyl groups is 1. The van der Waals surface area contributed by atoms with Crippen molar-refractivity contribution in [3.8, 4) is 0 Å². The van der Waals surface area contributed by atoms with Crippen LogP contribution in [0.25, 0.3) is 11.0 Å². The minimum atomic E-state index is -1.02. The summed E-state index contributed by atoms with van der Waals surface area (Å²) in [6.07, 6.45) is 1.57. The van der Waals surface area contributed by atoms with Gasteiger partial charge in [-0.15, -0.1) is 0 Å². The summed E-state index contributed by atoms with van der Waals surface area (Å²) in [5, 5.41) is 14.1. The van der Waals surface area contributed by atoms with Gasteiger partial charge in [0.05, 0.1) is 23.3 Å². The number of rotatable bonds is 12. The Kier molecular flexibility index (Phi) is 9.73. The number of fused-ring (bicyclic) bond motifs is 1. The summed E-state index contributed by atoms with van der Waals surface area (Å²) in [7, 11) is 0. The summed E-state index contributed by atoms with van der Waals surface area (Å²) >= 11 is 0. The van der Waals surface area contributed by atoms with Crippen LogP contribution in [0, 0.1) is 11.8 Å². The molecule has 0 saturated carbocycles. The van der Waals surface area contributed by atoms with Gasteiger partial charge in [0.1, 0.15) is 6.10 Å². The molecule has 35 heavy (non-hydrogen) atoms. The van der Waals surface area contributed by atoms with E-state index in [1.807, 2.05) is 55.5 Å². The number of aliphatic hydroxyl groups excluding tert-OH is 1. The van der Waals surface area contributed by atoms with Gasteiger partial charge in [0.15, 0.2) is 5.69 Å². The van der Waals surface area contributed by atoms with Gasteiger partial charge in [0.25, 0.3) is 0 Å². The zero-order valence-corrected chi connectivity index (χ0v) is 20.7. The van der Waals surface area contributed by atoms with Gasteiger partial charge in [-0.2, -0.15) is 0 Å². The van der Waals surface area contributed by atoms with Gasteiger partial charge in [0, 0.05) is 18.9 Å². The largest absolute Gasteiger partial charge is 0.454 e. The van der Waals surface area contributed by atoms with E-state index in [0.717, 1.165) is 12.0 Å². The molecule has 7 heteroatoms. The molecule has 0 saturated heterocycles. The van der Waals surface area contributed by atoms with Gasteiger partial charge < -0.3 is 15.2 Å². The summed E-state index contributed by atoms with van der Waals surface area (Å²) in [5.74, 6) is -0.671. The minimum Gasteiger partial charge on any atom is -0.454 e. The highest BCUT2D eigenvalue weighted by atomic mass is 16.6. The molecule has 0 fully saturated rings. The highest BCUT2D eigenvalue weighted by molar-refractivity contribution is 5.89. The molecule has 0 radical (unpaired) electrons. The third-order valence-corrected chi connectivity index (χ3v) is 5.97. The van der Waals surface area contributed by atoms with Crippen molar-refractivity contribution in [3.63, 3.8) is 0 Å². The molecule has 0 spiro atoms. The highest BCUT2D eigenvalue weighted by Gasteiger charge is 2.30. The molecule has 2 N–H and O–H groups in total. The van der Waals surface area contributed by atoms with Gasteiger partial charge in [-0.05, 0) is 43.4 Å². The van der Waals surface area contributed by atoms with Crippen molar-refractivity contribution in [2.24, 2.45) is 11.8 Å². The maximum Gasteiger partial charge on any atom is 0.358 e. The van der Waals surface area contributed by atoms with E-state index < -0.39 is 18.2 Å². The standard InChI is InChI=1S/C28H35N3O4/c1-4-29-27(33)21(15-14-19(2)3)17-25(32)26(16-20-10-6-5-7-11-20)35-28(34)24-18-30-22-12-8-9-13-23(22)31-24/h5-13,18-19,21,25-26,32H,4,14-17H2,1-3H3,(H,29,33)/t21-,25+,26+/m1/s1. The first-order chi connectivity index (χ1) is 16.9. The molecule has 7 nitrogen and oxygen atoms in total. The fourth-order valence-corrected chi connectivity index (χ4v) is 4.01. The van der Waals surface area contributed by atoms with Crippen LogP contribution in [0.1, 0.15) is 56.1 Å². The molecular formula is C28H35N3O4. The van der Waals surface area contributed by atoms with E-state index in [9.17, 15) is 14.7 Å². The SMILES string of the molecule is CCNC(=O)[C@H](CCC(C)C)C[C@H](O)[C@H](Cc1ccccc1)OC(=O)c1cnc2ccccc2n1. The van der Waals surface area contributed by atoms with Crippen LogP contribution < -0.4 is 5.32 Å². The van der Waals surface area contributed by atoms with Crippen LogP contribution in [0.3, 0.4) is 0 Å². The monoisotopic (exact) mass is 477 g/mol. The average Bonchev–Trinajstić information content (AvgIpc) is 2.86. The first-order valence-corrected chi connectivity index (χ1v) is 12.3. The van der Waals surface area contributed by atoms with Crippen LogP contribution in [0.4, 0.5) is 0 Å². The molecule has 3 rings (SSSR count). The molecule has 3 atom stereocenters. The summed E-state index contributed by atoms with van der Waals surface area (Å²) in [4.78, 5) is 34.4. The number of hydrogen-bond donors (Lipinski definition) is 2. The number of amides is 1. The van der Waals surface area contributed by atoms with Crippen LogP contribution in [-0.2, 0) is 16.0 Å². The molecule has 0 unspecified atom stereocenters. The molecule has 2 aromatic carbocycles. The summed E-state index contributed by atoms with van der Waals surface area (Å²) < 4.78 is 5.79. The fourth-order valence-electron chi connectivity index (χ4n) is 4.01. The summed E-state index contributed by atoms with van der Waals surface area (Å²) in [5.41, 5.74) is 2.27. The Balaban J connectivity index is 1.80. The van der Waals surface area contributed by atoms with Crippen molar-refractivity contribution in [3.05, 3.63) is 72.1 Å². The summed E-state index contributed by atoms with van der Waals surface area (Å²) in [6, 6.07) is 16.8. The lowest BCUT2D eigenvalue weighted by atomic mass is 9.89. The van der Waals surface area contributed by atoms with Gasteiger partial charge in [0.2, 0.25) is 5.91 Å². The van der Waals surface area contributed by atoms with Crippen LogP contribution in [0.5, 0.6) is 0 Å². The molecule has 1 amide bonds. The predicted octanol–water partition coefficient (Wildman–Crippen LogP) is 4.34. The lowest BCUT2D eigenvalue weighted by Crippen LogP contribution is -2.39. The third kappa shape index (κ3) is 7.86. The normalized spacial score (nSPS) is 13.9. The smallest absolute Gasteiger partial charge is 0.358 e. The number of nitrogens with zero attached hydrogens (tertiary/aromatic N) is 2. The van der Waals surface area contributed by atoms with Crippen LogP contribution >= 0.6 is 0 Å². The van der Waals surface area contributed by atoms with Crippen molar-refractivity contribution < 1.29 is 19.4 Å². The highest BCUT2D eigenvalue weighted by Crippen LogP contribution is 2.22. The minimum absolute atomic E-state index is 0.0778. The van der Waals surface area contributed by atoms with E-state index in [1.54, 1.807) is 6.07 Å². The van der Waals surface area contributed by atoms with Gasteiger partial charge in [-0.25, -0.2) is 9.78 Å². The van der Waals surface area contributed by atoms with Crippen molar-refractivity contribution in [2.45, 2.75) is 58.7 Å². The first kappa shape index (κ1) is 26.3. The van der Waals surface area contributed by atoms with E-state index >= 15 is 0 Å². The van der Waals surface area contributed by atoms with Crippen LogP contribution in [-0.4, -0.2) is 45.7 Å². The molecule has 1 aromatic heterocycles. The van der Waals surface area contributed by atoms with E-state index in [2.05, 4.69) is 29.1 Å². The third-order valence-electron chi connectivity index (χ3n) is 5.97. The molecule has 0 aliphatic carbocycles. The van der Waals surface area contributed by atoms with E-state index in [1.165, 1.54) is 6.20 Å². The molecular weight excluding hydrogens is 442 g/mol. The van der Waals surface area contributed by atoms with E-state index in [4.69, 9.17) is 4.74 Å². The predicted molar refractivity (Wildman–Crippen MR) is 136 cm³/mol. The molecule has 1 heterocycles. The number of para-hydroxylation sites is 2. The number of benzene rings is 2. The number of carbonyl (C=O) groups excluding carboxylic acids is 2. The molecule has 186 valence electrons. The maximum absolute atomic E-state index is 13.0. The van der Waals surface area contributed by atoms with E-state index in [0.29, 0.717) is 36.3 Å². The fraction of sp³-hybridized carbons (Fsp3) is 0.429. The van der Waals surface area contributed by atoms with Crippen molar-refractivity contribution >= 4 is 22.9 Å². The molecule has 0 bridgehead atoms. The van der Waals surface area contributed by atoms with Crippen molar-refractivity contribution in [1.82, 2.24) is 15.3 Å². The Labute approximate surface area is 206 Å². The van der Waals surface area contributed by atoms with Crippen molar-refractivity contribution in [2.75, 3.05) is 6.54 Å². The molecule has 0 aliphatic heterocycles. The van der Waals surface area contributed by atoms with Gasteiger partial charge in [-0.1, -0.05) is 62.7 Å². The second-order valence-electron chi connectivity index (χ2n) is 9.24. The molecule has 0 aliphatic rings. The van der Waals surface area contributed by atoms with Crippen molar-refractivity contribution in [1.29, 1.82) is 0 Å². The number of aromatic nitrogens is 2. The number of ether oxygens (including phenoxy) is 1. The van der Waals surface area contributed by atoms with E-state index in [-0.39, 0.29) is 23.9 Å². The Morgan fingerprint density at radius 2 is 1.69 bits per heavy atom. The number of carbonyl (C=O) groups is 2. The lowest BCUT2D eigenvalue weighted by molar-refractivity contribution is -0.127. The number of esters is 1. The zero-order chi connectivity index (χ0) is 25.2. The Morgan fingerprint density at radius 3 is 2.37 bits per heavy atom. The second-order valence-corrected chi connectivity index (χ2v) is 9.24. The zero-order valence-electron chi connectivity index (χ0n) is 20.7. The number of nitrogens with one attached hydrogen (secondary N) is 1. The van der Waals surface area contributed by atoms with Gasteiger partial charge in [-0.3, -0.25) is 9.78 Å². The van der Waals surface area contributed by atoms with Crippen LogP contribution in [0.2, 0.25) is 0 Å². The average molecular weight is 478 g/mol. The topological polar surface area (TPSA) is 101 Å². The quantitative estimate of drug-likeness (QED) is 0.376. The lowest BCUT2D eigenvalue weighted by Gasteiger charge is -2.27. The number of hydrogen-bond acceptors (Lipinski definition) is 6. The Morgan fingerprint density at radius 1 is 1.00 bits per heavy atom. The summed E-state index contributed by atoms with van der Waals surface area (Å²) in [6.45, 7) is 6.61. The second kappa shape index (κ2) is 13.0. The Bertz CT molecular complexity index is 1100. The van der Waals surface area contributed by atoms with Gasteiger partial charge >= 0.3 is 5.97 Å². The first-order valence-electron chi connectivity index (χ1n) is 12.3. The van der Waals surface area contributed by atoms with Crippen LogP contribution in [0.15, 0.2) is 60.8 Å². The Hall–Kier alpha value is -3.32. The molecule has 3 aromatic rings. The maximum atomic E-state index is 13.0.